The van der Waals surface area contributed by atoms with Crippen molar-refractivity contribution in [3.05, 3.63) is 0 Å². The Labute approximate surface area is 163 Å². The molecule has 0 saturated carbocycles. The van der Waals surface area contributed by atoms with E-state index in [1.807, 2.05) is 6.92 Å². The van der Waals surface area contributed by atoms with E-state index in [0.717, 1.165) is 58.1 Å². The number of likely N-dealkylation sites (tertiary alicyclic amines) is 1. The number of ether oxygens (including phenoxy) is 2. The molecule has 1 heterocycles. The average molecular weight is 477 g/mol. The summed E-state index contributed by atoms with van der Waals surface area (Å²) in [6.45, 7) is 6.30. The van der Waals surface area contributed by atoms with E-state index >= 15 is 0 Å². The fourth-order valence-corrected chi connectivity index (χ4v) is 2.85. The van der Waals surface area contributed by atoms with Gasteiger partial charge >= 0.3 is 0 Å². The monoisotopic (exact) mass is 477 g/mol. The van der Waals surface area contributed by atoms with Gasteiger partial charge in [0.15, 0.2) is 5.96 Å². The first-order chi connectivity index (χ1) is 11.0. The van der Waals surface area contributed by atoms with Gasteiger partial charge in [-0.3, -0.25) is 4.99 Å². The zero-order valence-electron chi connectivity index (χ0n) is 15.0. The predicted octanol–water partition coefficient (Wildman–Crippen LogP) is 1.13. The van der Waals surface area contributed by atoms with E-state index in [1.165, 1.54) is 6.26 Å². The third-order valence-corrected chi connectivity index (χ3v) is 4.57. The molecule has 1 saturated heterocycles. The van der Waals surface area contributed by atoms with Crippen molar-refractivity contribution in [2.45, 2.75) is 32.3 Å². The quantitative estimate of drug-likeness (QED) is 0.232. The molecule has 24 heavy (non-hydrogen) atoms. The standard InChI is InChI=1S/C15H31N3O4S.HI/c1-4-16-15(17-8-13-23(3,19)20)18-9-6-14(7-10-18)22-12-5-11-21-2;/h14H,4-13H2,1-3H3,(H,16,17);1H. The fourth-order valence-electron chi connectivity index (χ4n) is 2.43. The van der Waals surface area contributed by atoms with Gasteiger partial charge in [-0.05, 0) is 26.2 Å². The van der Waals surface area contributed by atoms with Crippen LogP contribution in [0.15, 0.2) is 4.99 Å². The summed E-state index contributed by atoms with van der Waals surface area (Å²) >= 11 is 0. The zero-order valence-corrected chi connectivity index (χ0v) is 18.1. The van der Waals surface area contributed by atoms with E-state index in [-0.39, 0.29) is 29.7 Å². The number of halogens is 1. The lowest BCUT2D eigenvalue weighted by Crippen LogP contribution is -2.47. The van der Waals surface area contributed by atoms with Crippen LogP contribution in [0.25, 0.3) is 0 Å². The maximum atomic E-state index is 11.2. The van der Waals surface area contributed by atoms with Crippen LogP contribution < -0.4 is 5.32 Å². The number of guanidine groups is 1. The molecule has 0 amide bonds. The molecule has 0 aliphatic carbocycles. The van der Waals surface area contributed by atoms with Crippen LogP contribution in [0.5, 0.6) is 0 Å². The molecular weight excluding hydrogens is 445 g/mol. The number of nitrogens with zero attached hydrogens (tertiary/aromatic N) is 2. The lowest BCUT2D eigenvalue weighted by atomic mass is 10.1. The van der Waals surface area contributed by atoms with Gasteiger partial charge in [-0.25, -0.2) is 8.42 Å². The third kappa shape index (κ3) is 10.7. The van der Waals surface area contributed by atoms with Gasteiger partial charge in [0.25, 0.3) is 0 Å². The van der Waals surface area contributed by atoms with Gasteiger partial charge in [-0.15, -0.1) is 24.0 Å². The topological polar surface area (TPSA) is 80.2 Å². The third-order valence-electron chi connectivity index (χ3n) is 3.65. The van der Waals surface area contributed by atoms with Gasteiger partial charge in [0, 0.05) is 46.2 Å². The molecule has 7 nitrogen and oxygen atoms in total. The minimum atomic E-state index is -2.97. The number of rotatable bonds is 9. The Balaban J connectivity index is 0.00000529. The lowest BCUT2D eigenvalue weighted by molar-refractivity contribution is 0.00991. The van der Waals surface area contributed by atoms with Crippen molar-refractivity contribution in [1.82, 2.24) is 10.2 Å². The SMILES string of the molecule is CCNC(=NCCS(C)(=O)=O)N1CCC(OCCCOC)CC1.I. The van der Waals surface area contributed by atoms with Crippen LogP contribution in [0.3, 0.4) is 0 Å². The zero-order chi connectivity index (χ0) is 17.1. The molecule has 1 N–H and O–H groups in total. The van der Waals surface area contributed by atoms with Gasteiger partial charge < -0.3 is 19.7 Å². The summed E-state index contributed by atoms with van der Waals surface area (Å²) in [5.41, 5.74) is 0. The second-order valence-electron chi connectivity index (χ2n) is 5.77. The van der Waals surface area contributed by atoms with Crippen LogP contribution in [0.1, 0.15) is 26.2 Å². The summed E-state index contributed by atoms with van der Waals surface area (Å²) in [5.74, 6) is 0.884. The number of piperidine rings is 1. The molecule has 1 fully saturated rings. The Morgan fingerprint density at radius 1 is 1.29 bits per heavy atom. The van der Waals surface area contributed by atoms with Crippen molar-refractivity contribution in [2.24, 2.45) is 4.99 Å². The van der Waals surface area contributed by atoms with Gasteiger partial charge in [0.05, 0.1) is 18.4 Å². The molecular formula is C15H32IN3O4S. The molecule has 0 bridgehead atoms. The van der Waals surface area contributed by atoms with Crippen molar-refractivity contribution in [3.8, 4) is 0 Å². The summed E-state index contributed by atoms with van der Waals surface area (Å²) in [7, 11) is -1.27. The van der Waals surface area contributed by atoms with Crippen molar-refractivity contribution in [2.75, 3.05) is 58.5 Å². The highest BCUT2D eigenvalue weighted by Gasteiger charge is 2.21. The summed E-state index contributed by atoms with van der Waals surface area (Å²) in [5, 5.41) is 3.24. The van der Waals surface area contributed by atoms with E-state index in [4.69, 9.17) is 9.47 Å². The smallest absolute Gasteiger partial charge is 0.193 e. The molecule has 0 aromatic heterocycles. The van der Waals surface area contributed by atoms with Crippen LogP contribution in [0, 0.1) is 0 Å². The minimum absolute atomic E-state index is 0. The summed E-state index contributed by atoms with van der Waals surface area (Å²) in [6, 6.07) is 0. The highest BCUT2D eigenvalue weighted by molar-refractivity contribution is 14.0. The first kappa shape index (κ1) is 23.9. The van der Waals surface area contributed by atoms with Gasteiger partial charge in [0.2, 0.25) is 0 Å². The van der Waals surface area contributed by atoms with Crippen molar-refractivity contribution in [3.63, 3.8) is 0 Å². The van der Waals surface area contributed by atoms with Crippen LogP contribution in [0.2, 0.25) is 0 Å². The van der Waals surface area contributed by atoms with Gasteiger partial charge in [-0.1, -0.05) is 0 Å². The van der Waals surface area contributed by atoms with Crippen LogP contribution >= 0.6 is 24.0 Å². The molecule has 0 spiro atoms. The Morgan fingerprint density at radius 2 is 1.96 bits per heavy atom. The maximum absolute atomic E-state index is 11.2. The first-order valence-corrected chi connectivity index (χ1v) is 10.3. The minimum Gasteiger partial charge on any atom is -0.385 e. The van der Waals surface area contributed by atoms with Crippen molar-refractivity contribution >= 4 is 39.8 Å². The van der Waals surface area contributed by atoms with Gasteiger partial charge in [0.1, 0.15) is 9.84 Å². The second kappa shape index (κ2) is 13.1. The van der Waals surface area contributed by atoms with Crippen LogP contribution in [-0.4, -0.2) is 83.9 Å². The largest absolute Gasteiger partial charge is 0.385 e. The van der Waals surface area contributed by atoms with E-state index in [2.05, 4.69) is 15.2 Å². The number of methoxy groups -OCH3 is 1. The van der Waals surface area contributed by atoms with Crippen molar-refractivity contribution < 1.29 is 17.9 Å². The lowest BCUT2D eigenvalue weighted by Gasteiger charge is -2.34. The number of aliphatic imine (C=N–C) groups is 1. The Hall–Kier alpha value is -0.130. The maximum Gasteiger partial charge on any atom is 0.193 e. The fraction of sp³-hybridized carbons (Fsp3) is 0.933. The molecule has 1 aliphatic rings. The van der Waals surface area contributed by atoms with E-state index < -0.39 is 9.84 Å². The highest BCUT2D eigenvalue weighted by Crippen LogP contribution is 2.14. The Bertz CT molecular complexity index is 452. The predicted molar refractivity (Wildman–Crippen MR) is 108 cm³/mol. The van der Waals surface area contributed by atoms with Crippen molar-refractivity contribution in [1.29, 1.82) is 0 Å². The molecule has 0 unspecified atom stereocenters. The van der Waals surface area contributed by atoms with Crippen LogP contribution in [-0.2, 0) is 19.3 Å². The number of hydrogen-bond donors (Lipinski definition) is 1. The normalized spacial score (nSPS) is 16.8. The Morgan fingerprint density at radius 3 is 2.50 bits per heavy atom. The molecule has 0 atom stereocenters. The average Bonchev–Trinajstić information content (AvgIpc) is 2.50. The van der Waals surface area contributed by atoms with Crippen LogP contribution in [0.4, 0.5) is 0 Å². The first-order valence-electron chi connectivity index (χ1n) is 8.27. The van der Waals surface area contributed by atoms with E-state index in [0.29, 0.717) is 12.6 Å². The van der Waals surface area contributed by atoms with Gasteiger partial charge in [-0.2, -0.15) is 0 Å². The number of sulfone groups is 1. The van der Waals surface area contributed by atoms with E-state index in [9.17, 15) is 8.42 Å². The molecule has 1 aliphatic heterocycles. The Kier molecular flexibility index (Phi) is 13.1. The summed E-state index contributed by atoms with van der Waals surface area (Å²) in [4.78, 5) is 6.61. The summed E-state index contributed by atoms with van der Waals surface area (Å²) < 4.78 is 33.3. The molecule has 9 heteroatoms. The molecule has 144 valence electrons. The number of hydrogen-bond acceptors (Lipinski definition) is 5. The molecule has 0 aromatic carbocycles. The van der Waals surface area contributed by atoms with E-state index in [1.54, 1.807) is 7.11 Å². The highest BCUT2D eigenvalue weighted by atomic mass is 127. The number of nitrogens with one attached hydrogen (secondary N) is 1. The second-order valence-corrected chi connectivity index (χ2v) is 8.03. The summed E-state index contributed by atoms with van der Waals surface area (Å²) in [6.07, 6.45) is 4.38. The molecule has 0 radical (unpaired) electrons. The molecule has 1 rings (SSSR count). The molecule has 0 aromatic rings.